The molecule has 1 aliphatic rings. The van der Waals surface area contributed by atoms with Crippen molar-refractivity contribution in [2.75, 3.05) is 0 Å². The van der Waals surface area contributed by atoms with Gasteiger partial charge in [-0.1, -0.05) is 74.0 Å². The highest BCUT2D eigenvalue weighted by Gasteiger charge is 2.33. The predicted octanol–water partition coefficient (Wildman–Crippen LogP) is 4.99. The van der Waals surface area contributed by atoms with Gasteiger partial charge in [-0.15, -0.1) is 0 Å². The maximum atomic E-state index is 13.2. The summed E-state index contributed by atoms with van der Waals surface area (Å²) in [5.74, 6) is 0.292. The lowest BCUT2D eigenvalue weighted by Crippen LogP contribution is -2.22. The van der Waals surface area contributed by atoms with Crippen molar-refractivity contribution in [1.29, 1.82) is 0 Å². The summed E-state index contributed by atoms with van der Waals surface area (Å²) in [7, 11) is 0. The zero-order chi connectivity index (χ0) is 18.8. The molecule has 3 aromatic carbocycles. The molecule has 0 aliphatic heterocycles. The average Bonchev–Trinajstić information content (AvgIpc) is 2.71. The minimum absolute atomic E-state index is 0.118. The average molecular weight is 356 g/mol. The van der Waals surface area contributed by atoms with Gasteiger partial charge in [0, 0.05) is 16.7 Å². The molecule has 1 aliphatic carbocycles. The molecule has 0 aromatic heterocycles. The van der Waals surface area contributed by atoms with Crippen molar-refractivity contribution in [1.82, 2.24) is 0 Å². The summed E-state index contributed by atoms with van der Waals surface area (Å²) in [4.78, 5) is 26.2. The highest BCUT2D eigenvalue weighted by atomic mass is 16.5. The van der Waals surface area contributed by atoms with Crippen LogP contribution in [0.1, 0.15) is 56.3 Å². The molecule has 0 unspecified atom stereocenters. The van der Waals surface area contributed by atoms with Gasteiger partial charge in [0.05, 0.1) is 5.56 Å². The van der Waals surface area contributed by atoms with Crippen molar-refractivity contribution in [2.45, 2.75) is 26.4 Å². The molecule has 0 saturated carbocycles. The van der Waals surface area contributed by atoms with Gasteiger partial charge in [-0.25, -0.2) is 0 Å². The minimum Gasteiger partial charge on any atom is -0.488 e. The number of aryl methyl sites for hydroxylation is 1. The van der Waals surface area contributed by atoms with Gasteiger partial charge in [0.15, 0.2) is 11.6 Å². The van der Waals surface area contributed by atoms with E-state index in [0.29, 0.717) is 34.6 Å². The third-order valence-corrected chi connectivity index (χ3v) is 4.87. The van der Waals surface area contributed by atoms with E-state index in [4.69, 9.17) is 4.74 Å². The van der Waals surface area contributed by atoms with Crippen LogP contribution in [0.5, 0.6) is 5.75 Å². The Hall–Kier alpha value is -3.20. The van der Waals surface area contributed by atoms with E-state index in [1.807, 2.05) is 36.4 Å². The van der Waals surface area contributed by atoms with Gasteiger partial charge in [0.2, 0.25) is 0 Å². The van der Waals surface area contributed by atoms with E-state index in [1.54, 1.807) is 30.3 Å². The molecule has 4 rings (SSSR count). The lowest BCUT2D eigenvalue weighted by Gasteiger charge is -2.22. The first-order valence-corrected chi connectivity index (χ1v) is 9.21. The monoisotopic (exact) mass is 356 g/mol. The zero-order valence-electron chi connectivity index (χ0n) is 15.2. The standard InChI is InChI=1S/C24H20O3/c1-2-8-17-13-14-20-21(24(17)27-15-16-9-4-3-5-10-16)23(26)19-12-7-6-11-18(19)22(20)25/h3-7,9-14H,2,8,15H2,1H3. The Balaban J connectivity index is 1.82. The van der Waals surface area contributed by atoms with Gasteiger partial charge in [0.25, 0.3) is 0 Å². The van der Waals surface area contributed by atoms with Gasteiger partial charge < -0.3 is 4.74 Å². The Morgan fingerprint density at radius 2 is 1.41 bits per heavy atom. The molecule has 3 nitrogen and oxygen atoms in total. The summed E-state index contributed by atoms with van der Waals surface area (Å²) in [6.45, 7) is 2.44. The lowest BCUT2D eigenvalue weighted by molar-refractivity contribution is 0.0975. The molecule has 0 bridgehead atoms. The fourth-order valence-corrected chi connectivity index (χ4v) is 3.56. The van der Waals surface area contributed by atoms with E-state index in [1.165, 1.54) is 0 Å². The highest BCUT2D eigenvalue weighted by Crippen LogP contribution is 2.36. The third-order valence-electron chi connectivity index (χ3n) is 4.87. The molecule has 0 saturated heterocycles. The van der Waals surface area contributed by atoms with Crippen molar-refractivity contribution in [3.05, 3.63) is 100 Å². The van der Waals surface area contributed by atoms with Crippen LogP contribution in [0.4, 0.5) is 0 Å². The second-order valence-corrected chi connectivity index (χ2v) is 6.70. The predicted molar refractivity (Wildman–Crippen MR) is 105 cm³/mol. The van der Waals surface area contributed by atoms with Crippen LogP contribution >= 0.6 is 0 Å². The summed E-state index contributed by atoms with van der Waals surface area (Å²) in [6.07, 6.45) is 1.72. The normalized spacial score (nSPS) is 12.5. The van der Waals surface area contributed by atoms with E-state index in [2.05, 4.69) is 6.92 Å². The first-order valence-electron chi connectivity index (χ1n) is 9.21. The Labute approximate surface area is 158 Å². The first-order chi connectivity index (χ1) is 13.2. The molecule has 134 valence electrons. The van der Waals surface area contributed by atoms with Crippen LogP contribution in [0.3, 0.4) is 0 Å². The zero-order valence-corrected chi connectivity index (χ0v) is 15.2. The van der Waals surface area contributed by atoms with Crippen LogP contribution in [0.2, 0.25) is 0 Å². The second-order valence-electron chi connectivity index (χ2n) is 6.70. The number of benzene rings is 3. The molecule has 3 heteroatoms. The van der Waals surface area contributed by atoms with Crippen molar-refractivity contribution in [2.24, 2.45) is 0 Å². The van der Waals surface area contributed by atoms with Crippen LogP contribution in [-0.2, 0) is 13.0 Å². The third kappa shape index (κ3) is 3.06. The van der Waals surface area contributed by atoms with Crippen molar-refractivity contribution in [3.63, 3.8) is 0 Å². The largest absolute Gasteiger partial charge is 0.488 e. The van der Waals surface area contributed by atoms with Gasteiger partial charge in [-0.3, -0.25) is 9.59 Å². The number of ketones is 2. The summed E-state index contributed by atoms with van der Waals surface area (Å²) in [5.41, 5.74) is 3.74. The number of rotatable bonds is 5. The quantitative estimate of drug-likeness (QED) is 0.506. The minimum atomic E-state index is -0.138. The molecule has 27 heavy (non-hydrogen) atoms. The van der Waals surface area contributed by atoms with Crippen LogP contribution in [0.25, 0.3) is 0 Å². The summed E-state index contributed by atoms with van der Waals surface area (Å²) in [6, 6.07) is 20.5. The number of carbonyl (C=O) groups is 2. The van der Waals surface area contributed by atoms with Crippen molar-refractivity contribution < 1.29 is 14.3 Å². The molecule has 0 atom stereocenters. The fourth-order valence-electron chi connectivity index (χ4n) is 3.56. The maximum Gasteiger partial charge on any atom is 0.198 e. The van der Waals surface area contributed by atoms with E-state index in [0.717, 1.165) is 24.0 Å². The Morgan fingerprint density at radius 1 is 0.741 bits per heavy atom. The molecule has 0 heterocycles. The number of ether oxygens (including phenoxy) is 1. The van der Waals surface area contributed by atoms with E-state index in [-0.39, 0.29) is 11.6 Å². The molecule has 0 radical (unpaired) electrons. The Morgan fingerprint density at radius 3 is 2.11 bits per heavy atom. The summed E-state index contributed by atoms with van der Waals surface area (Å²) >= 11 is 0. The molecular weight excluding hydrogens is 336 g/mol. The molecular formula is C24H20O3. The number of hydrogen-bond donors (Lipinski definition) is 0. The smallest absolute Gasteiger partial charge is 0.198 e. The van der Waals surface area contributed by atoms with Crippen LogP contribution in [-0.4, -0.2) is 11.6 Å². The molecule has 0 fully saturated rings. The van der Waals surface area contributed by atoms with Gasteiger partial charge in [-0.2, -0.15) is 0 Å². The molecule has 0 spiro atoms. The highest BCUT2D eigenvalue weighted by molar-refractivity contribution is 6.29. The summed E-state index contributed by atoms with van der Waals surface area (Å²) in [5, 5.41) is 0. The van der Waals surface area contributed by atoms with E-state index >= 15 is 0 Å². The fraction of sp³-hybridized carbons (Fsp3) is 0.167. The van der Waals surface area contributed by atoms with Gasteiger partial charge >= 0.3 is 0 Å². The van der Waals surface area contributed by atoms with Crippen LogP contribution in [0.15, 0.2) is 66.7 Å². The number of carbonyl (C=O) groups excluding carboxylic acids is 2. The van der Waals surface area contributed by atoms with Crippen LogP contribution in [0, 0.1) is 0 Å². The molecule has 0 amide bonds. The Kier molecular flexibility index (Phi) is 4.59. The Bertz CT molecular complexity index is 1020. The first kappa shape index (κ1) is 17.2. The second kappa shape index (κ2) is 7.20. The topological polar surface area (TPSA) is 43.4 Å². The van der Waals surface area contributed by atoms with E-state index < -0.39 is 0 Å². The SMILES string of the molecule is CCCc1ccc2c(c1OCc1ccccc1)C(=O)c1ccccc1C2=O. The van der Waals surface area contributed by atoms with E-state index in [9.17, 15) is 9.59 Å². The van der Waals surface area contributed by atoms with Crippen LogP contribution < -0.4 is 4.74 Å². The lowest BCUT2D eigenvalue weighted by atomic mass is 9.82. The maximum absolute atomic E-state index is 13.2. The van der Waals surface area contributed by atoms with Crippen molar-refractivity contribution in [3.8, 4) is 5.75 Å². The van der Waals surface area contributed by atoms with Gasteiger partial charge in [-0.05, 0) is 23.6 Å². The molecule has 3 aromatic rings. The van der Waals surface area contributed by atoms with Gasteiger partial charge in [0.1, 0.15) is 12.4 Å². The summed E-state index contributed by atoms with van der Waals surface area (Å²) < 4.78 is 6.13. The number of fused-ring (bicyclic) bond motifs is 2. The van der Waals surface area contributed by atoms with Crippen molar-refractivity contribution >= 4 is 11.6 Å². The number of hydrogen-bond acceptors (Lipinski definition) is 3. The molecule has 0 N–H and O–H groups in total.